The third-order valence-electron chi connectivity index (χ3n) is 1.81. The Morgan fingerprint density at radius 1 is 1.40 bits per heavy atom. The zero-order valence-corrected chi connectivity index (χ0v) is 8.66. The topological polar surface area (TPSA) is 58.9 Å². The molecule has 0 unspecified atom stereocenters. The van der Waals surface area contributed by atoms with Crippen molar-refractivity contribution in [1.29, 1.82) is 0 Å². The van der Waals surface area contributed by atoms with E-state index in [4.69, 9.17) is 9.84 Å². The van der Waals surface area contributed by atoms with Crippen LogP contribution in [0.3, 0.4) is 0 Å². The van der Waals surface area contributed by atoms with E-state index in [1.165, 1.54) is 36.0 Å². The first kappa shape index (κ1) is 10.0. The van der Waals surface area contributed by atoms with Crippen molar-refractivity contribution in [3.05, 3.63) is 24.3 Å². The molecule has 0 saturated heterocycles. The molecule has 1 aliphatic rings. The Hall–Kier alpha value is -1.49. The third kappa shape index (κ3) is 2.50. The van der Waals surface area contributed by atoms with Crippen molar-refractivity contribution < 1.29 is 14.6 Å². The van der Waals surface area contributed by atoms with Gasteiger partial charge in [-0.1, -0.05) is 11.8 Å². The fourth-order valence-electron chi connectivity index (χ4n) is 1.12. The second kappa shape index (κ2) is 4.35. The van der Waals surface area contributed by atoms with Crippen LogP contribution >= 0.6 is 11.8 Å². The van der Waals surface area contributed by atoms with Gasteiger partial charge in [0.25, 0.3) is 0 Å². The molecule has 0 saturated carbocycles. The van der Waals surface area contributed by atoms with Gasteiger partial charge in [0.1, 0.15) is 11.5 Å². The number of aromatic hydroxyl groups is 1. The number of esters is 1. The number of nitrogens with zero attached hydrogens (tertiary/aromatic N) is 1. The molecule has 0 radical (unpaired) electrons. The number of carbonyl (C=O) groups is 1. The van der Waals surface area contributed by atoms with E-state index in [2.05, 4.69) is 4.99 Å². The summed E-state index contributed by atoms with van der Waals surface area (Å²) < 4.78 is 5.05. The molecule has 0 fully saturated rings. The van der Waals surface area contributed by atoms with Crippen molar-refractivity contribution in [2.24, 2.45) is 4.99 Å². The quantitative estimate of drug-likeness (QED) is 0.609. The molecule has 0 spiro atoms. The molecular weight excluding hydrogens is 214 g/mol. The number of aliphatic imine (C=N–C) groups is 1. The molecule has 1 aromatic rings. The Labute approximate surface area is 91.0 Å². The summed E-state index contributed by atoms with van der Waals surface area (Å²) in [6.45, 7) is 0.671. The van der Waals surface area contributed by atoms with Gasteiger partial charge < -0.3 is 9.84 Å². The van der Waals surface area contributed by atoms with E-state index in [1.54, 1.807) is 0 Å². The van der Waals surface area contributed by atoms with Crippen LogP contribution in [0.25, 0.3) is 0 Å². The monoisotopic (exact) mass is 223 g/mol. The van der Waals surface area contributed by atoms with Gasteiger partial charge in [-0.3, -0.25) is 4.99 Å². The summed E-state index contributed by atoms with van der Waals surface area (Å²) in [6.07, 6.45) is 0. The molecule has 0 bridgehead atoms. The van der Waals surface area contributed by atoms with E-state index in [0.29, 0.717) is 17.3 Å². The van der Waals surface area contributed by atoms with Gasteiger partial charge >= 0.3 is 5.97 Å². The number of benzene rings is 1. The molecule has 1 heterocycles. The van der Waals surface area contributed by atoms with Crippen LogP contribution in [0.15, 0.2) is 29.3 Å². The summed E-state index contributed by atoms with van der Waals surface area (Å²) in [7, 11) is 0. The summed E-state index contributed by atoms with van der Waals surface area (Å²) in [5.41, 5.74) is 0. The van der Waals surface area contributed by atoms with Crippen LogP contribution in [0.5, 0.6) is 11.5 Å². The van der Waals surface area contributed by atoms with Crippen LogP contribution in [-0.4, -0.2) is 28.4 Å². The second-order valence-corrected chi connectivity index (χ2v) is 4.00. The fraction of sp³-hybridized carbons (Fsp3) is 0.200. The molecule has 0 amide bonds. The Morgan fingerprint density at radius 3 is 2.73 bits per heavy atom. The van der Waals surface area contributed by atoms with Gasteiger partial charge in [0.2, 0.25) is 0 Å². The highest BCUT2D eigenvalue weighted by Gasteiger charge is 2.18. The highest BCUT2D eigenvalue weighted by molar-refractivity contribution is 8.16. The lowest BCUT2D eigenvalue weighted by molar-refractivity contribution is -0.126. The van der Waals surface area contributed by atoms with Crippen molar-refractivity contribution in [2.75, 3.05) is 12.3 Å². The number of carbonyl (C=O) groups excluding carboxylic acids is 1. The Morgan fingerprint density at radius 2 is 2.13 bits per heavy atom. The average Bonchev–Trinajstić information content (AvgIpc) is 2.74. The minimum absolute atomic E-state index is 0.141. The summed E-state index contributed by atoms with van der Waals surface area (Å²) in [6, 6.07) is 6.00. The second-order valence-electron chi connectivity index (χ2n) is 2.92. The number of phenols is 1. The molecule has 2 rings (SSSR count). The molecule has 4 nitrogen and oxygen atoms in total. The molecule has 5 heteroatoms. The smallest absolute Gasteiger partial charge is 0.368 e. The van der Waals surface area contributed by atoms with Crippen LogP contribution in [-0.2, 0) is 4.79 Å². The normalized spacial score (nSPS) is 14.8. The van der Waals surface area contributed by atoms with E-state index < -0.39 is 5.97 Å². The van der Waals surface area contributed by atoms with Gasteiger partial charge in [-0.25, -0.2) is 4.79 Å². The van der Waals surface area contributed by atoms with Crippen molar-refractivity contribution in [3.63, 3.8) is 0 Å². The van der Waals surface area contributed by atoms with Crippen molar-refractivity contribution >= 4 is 22.8 Å². The number of hydrogen-bond donors (Lipinski definition) is 1. The number of phenolic OH excluding ortho intramolecular Hbond substituents is 1. The van der Waals surface area contributed by atoms with Gasteiger partial charge in [0, 0.05) is 12.3 Å². The SMILES string of the molecule is O=C(Oc1ccc(O)cc1)C1=NCCS1. The van der Waals surface area contributed by atoms with E-state index >= 15 is 0 Å². The van der Waals surface area contributed by atoms with Crippen molar-refractivity contribution in [1.82, 2.24) is 0 Å². The fourth-order valence-corrected chi connectivity index (χ4v) is 1.84. The molecule has 78 valence electrons. The van der Waals surface area contributed by atoms with Crippen molar-refractivity contribution in [3.8, 4) is 11.5 Å². The predicted molar refractivity (Wildman–Crippen MR) is 58.5 cm³/mol. The molecular formula is C10H9NO3S. The van der Waals surface area contributed by atoms with E-state index in [0.717, 1.165) is 5.75 Å². The lowest BCUT2D eigenvalue weighted by Crippen LogP contribution is -2.15. The number of hydrogen-bond acceptors (Lipinski definition) is 5. The maximum Gasteiger partial charge on any atom is 0.368 e. The van der Waals surface area contributed by atoms with Crippen LogP contribution < -0.4 is 4.74 Å². The van der Waals surface area contributed by atoms with Gasteiger partial charge in [-0.2, -0.15) is 0 Å². The predicted octanol–water partition coefficient (Wildman–Crippen LogP) is 1.44. The largest absolute Gasteiger partial charge is 0.508 e. The molecule has 1 aromatic carbocycles. The first-order chi connectivity index (χ1) is 7.25. The maximum atomic E-state index is 11.5. The minimum Gasteiger partial charge on any atom is -0.508 e. The summed E-state index contributed by atoms with van der Waals surface area (Å²) in [5.74, 6) is 0.957. The standard InChI is InChI=1S/C10H9NO3S/c12-7-1-3-8(4-2-7)14-10(13)9-11-5-6-15-9/h1-4,12H,5-6H2. The Bertz CT molecular complexity index is 400. The molecule has 0 atom stereocenters. The zero-order valence-electron chi connectivity index (χ0n) is 7.84. The lowest BCUT2D eigenvalue weighted by Gasteiger charge is -2.02. The molecule has 15 heavy (non-hydrogen) atoms. The summed E-state index contributed by atoms with van der Waals surface area (Å²) >= 11 is 1.40. The molecule has 1 N–H and O–H groups in total. The minimum atomic E-state index is -0.428. The maximum absolute atomic E-state index is 11.5. The molecule has 0 aliphatic carbocycles. The van der Waals surface area contributed by atoms with Crippen LogP contribution in [0.2, 0.25) is 0 Å². The molecule has 1 aliphatic heterocycles. The number of ether oxygens (including phenoxy) is 1. The number of thioether (sulfide) groups is 1. The summed E-state index contributed by atoms with van der Waals surface area (Å²) in [4.78, 5) is 15.5. The highest BCUT2D eigenvalue weighted by atomic mass is 32.2. The lowest BCUT2D eigenvalue weighted by atomic mass is 10.3. The van der Waals surface area contributed by atoms with Crippen LogP contribution in [0.4, 0.5) is 0 Å². The Balaban J connectivity index is 2.02. The van der Waals surface area contributed by atoms with E-state index in [-0.39, 0.29) is 5.75 Å². The van der Waals surface area contributed by atoms with E-state index in [1.807, 2.05) is 0 Å². The first-order valence-electron chi connectivity index (χ1n) is 4.44. The van der Waals surface area contributed by atoms with Crippen LogP contribution in [0, 0.1) is 0 Å². The third-order valence-corrected chi connectivity index (χ3v) is 2.76. The highest BCUT2D eigenvalue weighted by Crippen LogP contribution is 2.18. The summed E-state index contributed by atoms with van der Waals surface area (Å²) in [5, 5.41) is 9.45. The Kier molecular flexibility index (Phi) is 2.91. The van der Waals surface area contributed by atoms with E-state index in [9.17, 15) is 4.79 Å². The number of rotatable bonds is 2. The first-order valence-corrected chi connectivity index (χ1v) is 5.43. The average molecular weight is 223 g/mol. The zero-order chi connectivity index (χ0) is 10.7. The van der Waals surface area contributed by atoms with Gasteiger partial charge in [0.05, 0.1) is 0 Å². The van der Waals surface area contributed by atoms with Crippen LogP contribution in [0.1, 0.15) is 0 Å². The van der Waals surface area contributed by atoms with Gasteiger partial charge in [-0.05, 0) is 24.3 Å². The molecule has 0 aromatic heterocycles. The van der Waals surface area contributed by atoms with Gasteiger partial charge in [-0.15, -0.1) is 0 Å². The van der Waals surface area contributed by atoms with Gasteiger partial charge in [0.15, 0.2) is 5.04 Å². The van der Waals surface area contributed by atoms with Crippen molar-refractivity contribution in [2.45, 2.75) is 0 Å².